The first-order valence-electron chi connectivity index (χ1n) is 6.36. The van der Waals surface area contributed by atoms with E-state index in [-0.39, 0.29) is 23.1 Å². The van der Waals surface area contributed by atoms with E-state index in [1.165, 1.54) is 12.1 Å². The van der Waals surface area contributed by atoms with Crippen LogP contribution in [-0.4, -0.2) is 18.4 Å². The number of rotatable bonds is 2. The van der Waals surface area contributed by atoms with Gasteiger partial charge in [0.2, 0.25) is 0 Å². The van der Waals surface area contributed by atoms with E-state index in [2.05, 4.69) is 10.6 Å². The highest BCUT2D eigenvalue weighted by atomic mass is 35.5. The quantitative estimate of drug-likeness (QED) is 0.893. The van der Waals surface area contributed by atoms with E-state index in [0.717, 1.165) is 6.07 Å². The summed E-state index contributed by atoms with van der Waals surface area (Å²) in [7, 11) is 0. The van der Waals surface area contributed by atoms with Gasteiger partial charge in [0.1, 0.15) is 11.6 Å². The highest BCUT2D eigenvalue weighted by Crippen LogP contribution is 2.31. The molecule has 7 heteroatoms. The van der Waals surface area contributed by atoms with Crippen LogP contribution in [-0.2, 0) is 4.79 Å². The second-order valence-corrected chi connectivity index (χ2v) is 5.01. The predicted molar refractivity (Wildman–Crippen MR) is 79.9 cm³/mol. The van der Waals surface area contributed by atoms with Gasteiger partial charge < -0.3 is 15.4 Å². The number of ether oxygens (including phenoxy) is 1. The van der Waals surface area contributed by atoms with Crippen LogP contribution in [0.25, 0.3) is 0 Å². The van der Waals surface area contributed by atoms with Crippen LogP contribution in [0.2, 0.25) is 5.02 Å². The van der Waals surface area contributed by atoms with Gasteiger partial charge >= 0.3 is 0 Å². The highest BCUT2D eigenvalue weighted by molar-refractivity contribution is 6.34. The molecule has 0 aliphatic carbocycles. The average molecular weight is 321 g/mol. The van der Waals surface area contributed by atoms with Crippen molar-refractivity contribution >= 4 is 34.8 Å². The van der Waals surface area contributed by atoms with Gasteiger partial charge in [-0.15, -0.1) is 0 Å². The number of amides is 2. The molecule has 1 aliphatic rings. The Bertz CT molecular complexity index is 759. The van der Waals surface area contributed by atoms with Crippen molar-refractivity contribution in [3.8, 4) is 5.75 Å². The van der Waals surface area contributed by atoms with Crippen LogP contribution >= 0.6 is 11.6 Å². The monoisotopic (exact) mass is 320 g/mol. The molecular weight excluding hydrogens is 311 g/mol. The predicted octanol–water partition coefficient (Wildman–Crippen LogP) is 3.06. The number of halogens is 2. The summed E-state index contributed by atoms with van der Waals surface area (Å²) in [6.45, 7) is -0.0937. The van der Waals surface area contributed by atoms with Gasteiger partial charge in [0, 0.05) is 11.8 Å². The molecule has 22 heavy (non-hydrogen) atoms. The Kier molecular flexibility index (Phi) is 3.68. The Hall–Kier alpha value is -2.60. The molecule has 112 valence electrons. The van der Waals surface area contributed by atoms with Gasteiger partial charge in [-0.25, -0.2) is 4.39 Å². The SMILES string of the molecule is O=C1COc2cc(NC(=O)c3c(F)cccc3Cl)ccc2N1. The summed E-state index contributed by atoms with van der Waals surface area (Å²) in [6, 6.07) is 8.72. The highest BCUT2D eigenvalue weighted by Gasteiger charge is 2.19. The van der Waals surface area contributed by atoms with E-state index in [1.807, 2.05) is 0 Å². The van der Waals surface area contributed by atoms with Gasteiger partial charge in [0.25, 0.3) is 11.8 Å². The van der Waals surface area contributed by atoms with E-state index in [4.69, 9.17) is 16.3 Å². The van der Waals surface area contributed by atoms with E-state index in [0.29, 0.717) is 17.1 Å². The van der Waals surface area contributed by atoms with Crippen molar-refractivity contribution < 1.29 is 18.7 Å². The lowest BCUT2D eigenvalue weighted by Gasteiger charge is -2.18. The Morgan fingerprint density at radius 1 is 1.32 bits per heavy atom. The van der Waals surface area contributed by atoms with Gasteiger partial charge in [0.05, 0.1) is 16.3 Å². The third-order valence-electron chi connectivity index (χ3n) is 3.06. The van der Waals surface area contributed by atoms with Crippen molar-refractivity contribution in [2.75, 3.05) is 17.2 Å². The summed E-state index contributed by atoms with van der Waals surface area (Å²) < 4.78 is 19.0. The van der Waals surface area contributed by atoms with Crippen LogP contribution < -0.4 is 15.4 Å². The van der Waals surface area contributed by atoms with Gasteiger partial charge in [-0.3, -0.25) is 9.59 Å². The topological polar surface area (TPSA) is 67.4 Å². The standard InChI is InChI=1S/C15H10ClFN2O3/c16-9-2-1-3-10(17)14(9)15(21)18-8-4-5-11-12(6-8)22-7-13(20)19-11/h1-6H,7H2,(H,18,21)(H,19,20). The minimum atomic E-state index is -0.702. The maximum Gasteiger partial charge on any atom is 0.262 e. The fourth-order valence-electron chi connectivity index (χ4n) is 2.06. The molecule has 0 atom stereocenters. The molecule has 2 N–H and O–H groups in total. The number of hydrogen-bond donors (Lipinski definition) is 2. The Morgan fingerprint density at radius 2 is 2.14 bits per heavy atom. The maximum atomic E-state index is 13.7. The van der Waals surface area contributed by atoms with Crippen molar-refractivity contribution in [3.05, 3.63) is 52.8 Å². The summed E-state index contributed by atoms with van der Waals surface area (Å²) in [6.07, 6.45) is 0. The summed E-state index contributed by atoms with van der Waals surface area (Å²) in [5.74, 6) is -1.19. The molecule has 0 unspecified atom stereocenters. The minimum Gasteiger partial charge on any atom is -0.482 e. The number of fused-ring (bicyclic) bond motifs is 1. The normalized spacial score (nSPS) is 12.9. The van der Waals surface area contributed by atoms with Gasteiger partial charge in [-0.1, -0.05) is 17.7 Å². The van der Waals surface area contributed by atoms with Crippen molar-refractivity contribution in [1.82, 2.24) is 0 Å². The van der Waals surface area contributed by atoms with Crippen LogP contribution in [0, 0.1) is 5.82 Å². The fourth-order valence-corrected chi connectivity index (χ4v) is 2.31. The molecule has 0 bridgehead atoms. The largest absolute Gasteiger partial charge is 0.482 e. The fraction of sp³-hybridized carbons (Fsp3) is 0.0667. The molecule has 5 nitrogen and oxygen atoms in total. The third kappa shape index (κ3) is 2.73. The zero-order chi connectivity index (χ0) is 15.7. The maximum absolute atomic E-state index is 13.7. The van der Waals surface area contributed by atoms with E-state index in [9.17, 15) is 14.0 Å². The molecule has 0 spiro atoms. The smallest absolute Gasteiger partial charge is 0.262 e. The molecule has 1 heterocycles. The van der Waals surface area contributed by atoms with E-state index >= 15 is 0 Å². The summed E-state index contributed by atoms with van der Waals surface area (Å²) >= 11 is 5.85. The summed E-state index contributed by atoms with van der Waals surface area (Å²) in [5.41, 5.74) is 0.688. The van der Waals surface area contributed by atoms with Crippen LogP contribution in [0.1, 0.15) is 10.4 Å². The van der Waals surface area contributed by atoms with Crippen molar-refractivity contribution in [3.63, 3.8) is 0 Å². The lowest BCUT2D eigenvalue weighted by atomic mass is 10.2. The van der Waals surface area contributed by atoms with Crippen molar-refractivity contribution in [2.45, 2.75) is 0 Å². The molecular formula is C15H10ClFN2O3. The van der Waals surface area contributed by atoms with Gasteiger partial charge in [-0.05, 0) is 24.3 Å². The zero-order valence-electron chi connectivity index (χ0n) is 11.2. The van der Waals surface area contributed by atoms with E-state index < -0.39 is 11.7 Å². The van der Waals surface area contributed by atoms with Crippen LogP contribution in [0.5, 0.6) is 5.75 Å². The van der Waals surface area contributed by atoms with Crippen molar-refractivity contribution in [2.24, 2.45) is 0 Å². The molecule has 3 rings (SSSR count). The molecule has 0 saturated carbocycles. The second-order valence-electron chi connectivity index (χ2n) is 4.60. The summed E-state index contributed by atoms with van der Waals surface area (Å²) in [5, 5.41) is 5.20. The molecule has 0 fully saturated rings. The third-order valence-corrected chi connectivity index (χ3v) is 3.38. The molecule has 2 amide bonds. The molecule has 2 aromatic carbocycles. The lowest BCUT2D eigenvalue weighted by Crippen LogP contribution is -2.25. The number of benzene rings is 2. The van der Waals surface area contributed by atoms with E-state index in [1.54, 1.807) is 18.2 Å². The number of carbonyl (C=O) groups excluding carboxylic acids is 2. The Labute approximate surface area is 130 Å². The number of carbonyl (C=O) groups is 2. The molecule has 0 saturated heterocycles. The number of nitrogens with one attached hydrogen (secondary N) is 2. The first-order chi connectivity index (χ1) is 10.5. The van der Waals surface area contributed by atoms with Crippen LogP contribution in [0.3, 0.4) is 0 Å². The number of anilines is 2. The molecule has 0 aromatic heterocycles. The number of hydrogen-bond acceptors (Lipinski definition) is 3. The molecule has 2 aromatic rings. The lowest BCUT2D eigenvalue weighted by molar-refractivity contribution is -0.118. The average Bonchev–Trinajstić information content (AvgIpc) is 2.47. The first kappa shape index (κ1) is 14.3. The zero-order valence-corrected chi connectivity index (χ0v) is 11.9. The Balaban J connectivity index is 1.85. The van der Waals surface area contributed by atoms with Gasteiger partial charge in [0.15, 0.2) is 6.61 Å². The van der Waals surface area contributed by atoms with Crippen LogP contribution in [0.4, 0.5) is 15.8 Å². The molecule has 1 aliphatic heterocycles. The second kappa shape index (κ2) is 5.65. The first-order valence-corrected chi connectivity index (χ1v) is 6.74. The summed E-state index contributed by atoms with van der Waals surface area (Å²) in [4.78, 5) is 23.3. The van der Waals surface area contributed by atoms with Gasteiger partial charge in [-0.2, -0.15) is 0 Å². The van der Waals surface area contributed by atoms with Crippen LogP contribution in [0.15, 0.2) is 36.4 Å². The van der Waals surface area contributed by atoms with Crippen molar-refractivity contribution in [1.29, 1.82) is 0 Å². The minimum absolute atomic E-state index is 0.0268. The molecule has 0 radical (unpaired) electrons. The Morgan fingerprint density at radius 3 is 2.91 bits per heavy atom.